The van der Waals surface area contributed by atoms with E-state index in [1.54, 1.807) is 0 Å². The summed E-state index contributed by atoms with van der Waals surface area (Å²) in [6.07, 6.45) is 4.55. The number of rotatable bonds is 3. The van der Waals surface area contributed by atoms with E-state index < -0.39 is 5.41 Å². The molecule has 1 unspecified atom stereocenters. The third-order valence-corrected chi connectivity index (χ3v) is 5.48. The van der Waals surface area contributed by atoms with E-state index in [1.165, 1.54) is 0 Å². The average Bonchev–Trinajstić information content (AvgIpc) is 2.98. The van der Waals surface area contributed by atoms with Gasteiger partial charge in [0.05, 0.1) is 17.6 Å². The van der Waals surface area contributed by atoms with Crippen LogP contribution in [0.1, 0.15) is 37.7 Å². The van der Waals surface area contributed by atoms with E-state index in [9.17, 15) is 10.4 Å². The summed E-state index contributed by atoms with van der Waals surface area (Å²) in [5, 5.41) is 24.1. The van der Waals surface area contributed by atoms with Crippen molar-refractivity contribution in [3.05, 3.63) is 35.9 Å². The number of nitrogens with zero attached hydrogens (tertiary/aromatic N) is 1. The first-order chi connectivity index (χ1) is 10.3. The lowest BCUT2D eigenvalue weighted by Gasteiger charge is -2.43. The van der Waals surface area contributed by atoms with E-state index in [1.807, 2.05) is 18.2 Å². The molecular weight excluding hydrogens is 260 g/mol. The molecule has 0 aromatic heterocycles. The zero-order valence-electron chi connectivity index (χ0n) is 12.5. The molecule has 1 saturated carbocycles. The Balaban J connectivity index is 2.06. The molecule has 3 rings (SSSR count). The Hall–Kier alpha value is -1.37. The van der Waals surface area contributed by atoms with Crippen LogP contribution < -0.4 is 5.32 Å². The average molecular weight is 284 g/mol. The number of hydrogen-bond acceptors (Lipinski definition) is 3. The molecule has 2 aliphatic rings. The predicted molar refractivity (Wildman–Crippen MR) is 82.7 cm³/mol. The Morgan fingerprint density at radius 2 is 1.81 bits per heavy atom. The lowest BCUT2D eigenvalue weighted by atomic mass is 9.60. The number of nitrogens with one attached hydrogen (secondary N) is 1. The van der Waals surface area contributed by atoms with Crippen LogP contribution in [0.5, 0.6) is 0 Å². The van der Waals surface area contributed by atoms with Crippen LogP contribution in [0.4, 0.5) is 0 Å². The molecule has 0 bridgehead atoms. The van der Waals surface area contributed by atoms with Crippen LogP contribution in [0.25, 0.3) is 0 Å². The molecule has 1 heterocycles. The number of nitriles is 1. The SMILES string of the molecule is N#CC(c1ccccc1)(C1CCNCC1)[C@@H]1CCC[C@H]1O. The quantitative estimate of drug-likeness (QED) is 0.897. The Morgan fingerprint density at radius 1 is 1.10 bits per heavy atom. The van der Waals surface area contributed by atoms with Gasteiger partial charge in [-0.15, -0.1) is 0 Å². The summed E-state index contributed by atoms with van der Waals surface area (Å²) in [7, 11) is 0. The lowest BCUT2D eigenvalue weighted by Crippen LogP contribution is -2.48. The van der Waals surface area contributed by atoms with Gasteiger partial charge in [0.25, 0.3) is 0 Å². The summed E-state index contributed by atoms with van der Waals surface area (Å²) in [6.45, 7) is 1.95. The predicted octanol–water partition coefficient (Wildman–Crippen LogP) is 2.61. The summed E-state index contributed by atoms with van der Waals surface area (Å²) in [5.74, 6) is 0.414. The van der Waals surface area contributed by atoms with Gasteiger partial charge in [-0.25, -0.2) is 0 Å². The van der Waals surface area contributed by atoms with Gasteiger partial charge in [0.15, 0.2) is 0 Å². The second kappa shape index (κ2) is 6.17. The smallest absolute Gasteiger partial charge is 0.0903 e. The number of piperidine rings is 1. The minimum atomic E-state index is -0.528. The Bertz CT molecular complexity index is 504. The molecule has 1 aliphatic heterocycles. The van der Waals surface area contributed by atoms with Crippen LogP contribution >= 0.6 is 0 Å². The molecule has 0 spiro atoms. The largest absolute Gasteiger partial charge is 0.393 e. The number of benzene rings is 1. The Morgan fingerprint density at radius 3 is 2.38 bits per heavy atom. The first kappa shape index (κ1) is 14.6. The summed E-state index contributed by atoms with van der Waals surface area (Å²) in [6, 6.07) is 12.9. The van der Waals surface area contributed by atoms with Crippen LogP contribution in [-0.2, 0) is 5.41 Å². The van der Waals surface area contributed by atoms with E-state index >= 15 is 0 Å². The molecule has 112 valence electrons. The highest BCUT2D eigenvalue weighted by Crippen LogP contribution is 2.49. The third kappa shape index (κ3) is 2.47. The van der Waals surface area contributed by atoms with E-state index in [0.29, 0.717) is 5.92 Å². The maximum Gasteiger partial charge on any atom is 0.0903 e. The second-order valence-electron chi connectivity index (χ2n) is 6.48. The maximum absolute atomic E-state index is 10.5. The van der Waals surface area contributed by atoms with Crippen molar-refractivity contribution in [2.75, 3.05) is 13.1 Å². The Labute approximate surface area is 127 Å². The van der Waals surface area contributed by atoms with Gasteiger partial charge < -0.3 is 10.4 Å². The molecular formula is C18H24N2O. The zero-order chi connectivity index (χ0) is 14.7. The molecule has 3 atom stereocenters. The molecule has 2 N–H and O–H groups in total. The molecule has 1 aromatic carbocycles. The second-order valence-corrected chi connectivity index (χ2v) is 6.48. The van der Waals surface area contributed by atoms with Gasteiger partial charge >= 0.3 is 0 Å². The van der Waals surface area contributed by atoms with E-state index in [4.69, 9.17) is 0 Å². The molecule has 3 nitrogen and oxygen atoms in total. The van der Waals surface area contributed by atoms with E-state index in [0.717, 1.165) is 50.8 Å². The molecule has 0 amide bonds. The molecule has 3 heteroatoms. The molecule has 1 aromatic rings. The fourth-order valence-corrected chi connectivity index (χ4v) is 4.45. The summed E-state index contributed by atoms with van der Waals surface area (Å²) >= 11 is 0. The van der Waals surface area contributed by atoms with Crippen molar-refractivity contribution < 1.29 is 5.11 Å². The van der Waals surface area contributed by atoms with Crippen molar-refractivity contribution in [1.29, 1.82) is 5.26 Å². The van der Waals surface area contributed by atoms with Gasteiger partial charge in [-0.1, -0.05) is 36.8 Å². The number of hydrogen-bond donors (Lipinski definition) is 2. The van der Waals surface area contributed by atoms with Crippen LogP contribution in [0.2, 0.25) is 0 Å². The van der Waals surface area contributed by atoms with Crippen LogP contribution in [0, 0.1) is 23.2 Å². The highest BCUT2D eigenvalue weighted by atomic mass is 16.3. The highest BCUT2D eigenvalue weighted by Gasteiger charge is 2.51. The summed E-state index contributed by atoms with van der Waals surface area (Å²) in [5.41, 5.74) is 0.574. The van der Waals surface area contributed by atoms with Crippen molar-refractivity contribution >= 4 is 0 Å². The van der Waals surface area contributed by atoms with Crippen molar-refractivity contribution in [1.82, 2.24) is 5.32 Å². The van der Waals surface area contributed by atoms with Gasteiger partial charge in [-0.05, 0) is 50.3 Å². The lowest BCUT2D eigenvalue weighted by molar-refractivity contribution is 0.0671. The topological polar surface area (TPSA) is 56.0 Å². The minimum absolute atomic E-state index is 0.0769. The van der Waals surface area contributed by atoms with Gasteiger partial charge in [0.1, 0.15) is 0 Å². The fourth-order valence-electron chi connectivity index (χ4n) is 4.45. The number of aliphatic hydroxyl groups is 1. The zero-order valence-corrected chi connectivity index (χ0v) is 12.5. The first-order valence-electron chi connectivity index (χ1n) is 8.14. The van der Waals surface area contributed by atoms with E-state index in [-0.39, 0.29) is 12.0 Å². The maximum atomic E-state index is 10.5. The van der Waals surface area contributed by atoms with Gasteiger partial charge in [0, 0.05) is 5.92 Å². The normalized spacial score (nSPS) is 29.7. The van der Waals surface area contributed by atoms with Crippen LogP contribution in [-0.4, -0.2) is 24.3 Å². The highest BCUT2D eigenvalue weighted by molar-refractivity contribution is 5.36. The summed E-state index contributed by atoms with van der Waals surface area (Å²) in [4.78, 5) is 0. The minimum Gasteiger partial charge on any atom is -0.393 e. The van der Waals surface area contributed by atoms with Crippen molar-refractivity contribution in [2.24, 2.45) is 11.8 Å². The molecule has 1 saturated heterocycles. The fraction of sp³-hybridized carbons (Fsp3) is 0.611. The molecule has 21 heavy (non-hydrogen) atoms. The summed E-state index contributed by atoms with van der Waals surface area (Å²) < 4.78 is 0. The first-order valence-corrected chi connectivity index (χ1v) is 8.14. The van der Waals surface area contributed by atoms with Crippen molar-refractivity contribution in [3.8, 4) is 6.07 Å². The number of aliphatic hydroxyl groups excluding tert-OH is 1. The monoisotopic (exact) mass is 284 g/mol. The molecule has 0 radical (unpaired) electrons. The standard InChI is InChI=1S/C18H24N2O/c19-13-18(14-5-2-1-3-6-14,15-9-11-20-12-10-15)16-7-4-8-17(16)21/h1-3,5-6,15-17,20-21H,4,7-12H2/t16-,17-,18?/m1/s1. The van der Waals surface area contributed by atoms with Crippen LogP contribution in [0.3, 0.4) is 0 Å². The molecule has 1 aliphatic carbocycles. The third-order valence-electron chi connectivity index (χ3n) is 5.48. The van der Waals surface area contributed by atoms with Crippen LogP contribution in [0.15, 0.2) is 30.3 Å². The molecule has 2 fully saturated rings. The van der Waals surface area contributed by atoms with E-state index in [2.05, 4.69) is 23.5 Å². The van der Waals surface area contributed by atoms with Gasteiger partial charge in [0.2, 0.25) is 0 Å². The Kier molecular flexibility index (Phi) is 4.28. The van der Waals surface area contributed by atoms with Crippen molar-refractivity contribution in [2.45, 2.75) is 43.6 Å². The van der Waals surface area contributed by atoms with Gasteiger partial charge in [-0.3, -0.25) is 0 Å². The van der Waals surface area contributed by atoms with Crippen molar-refractivity contribution in [3.63, 3.8) is 0 Å². The van der Waals surface area contributed by atoms with Gasteiger partial charge in [-0.2, -0.15) is 5.26 Å².